The zero-order valence-electron chi connectivity index (χ0n) is 17.1. The Morgan fingerprint density at radius 1 is 0.636 bits per heavy atom. The molecule has 0 amide bonds. The van der Waals surface area contributed by atoms with Gasteiger partial charge in [-0.1, -0.05) is 0 Å². The monoisotopic (exact) mass is 514 g/mol. The van der Waals surface area contributed by atoms with Crippen molar-refractivity contribution in [3.8, 4) is 0 Å². The van der Waals surface area contributed by atoms with Crippen molar-refractivity contribution in [3.63, 3.8) is 0 Å². The van der Waals surface area contributed by atoms with Gasteiger partial charge in [-0.05, 0) is 0 Å². The quantitative estimate of drug-likeness (QED) is 0.0851. The van der Waals surface area contributed by atoms with Gasteiger partial charge in [-0.3, -0.25) is 18.6 Å². The molecule has 12 N–H and O–H groups in total. The van der Waals surface area contributed by atoms with Crippen molar-refractivity contribution in [2.45, 2.75) is 42.7 Å². The molecule has 8 atom stereocenters. The van der Waals surface area contributed by atoms with Gasteiger partial charge in [0, 0.05) is 0 Å². The van der Waals surface area contributed by atoms with Crippen LogP contribution >= 0.6 is 7.82 Å². The fourth-order valence-electron chi connectivity index (χ4n) is 1.65. The summed E-state index contributed by atoms with van der Waals surface area (Å²) in [4.78, 5) is 30.5. The molecule has 0 aromatic rings. The summed E-state index contributed by atoms with van der Waals surface area (Å²) in [6.45, 7) is -5.42. The highest BCUT2D eigenvalue weighted by molar-refractivity contribution is 7.47. The molecule has 0 aromatic heterocycles. The first-order chi connectivity index (χ1) is 15.2. The lowest BCUT2D eigenvalue weighted by molar-refractivity contribution is -0.137. The van der Waals surface area contributed by atoms with Crippen LogP contribution in [0.25, 0.3) is 0 Å². The van der Waals surface area contributed by atoms with E-state index in [9.17, 15) is 39.5 Å². The molecule has 0 rings (SSSR count). The largest absolute Gasteiger partial charge is 0.472 e. The molecule has 17 nitrogen and oxygen atoms in total. The minimum atomic E-state index is -4.82. The number of aliphatic hydroxyl groups is 11. The number of Topliss-reactive ketones (excluding diaryl/α,β-unsaturated/α-hetero) is 2. The summed E-state index contributed by atoms with van der Waals surface area (Å²) in [7, 11) is -4.82. The van der Waals surface area contributed by atoms with E-state index in [1.807, 2.05) is 0 Å². The van der Waals surface area contributed by atoms with Crippen molar-refractivity contribution in [1.82, 2.24) is 0 Å². The standard InChI is InChI=1S/C10H21O12P.C5H10O5/c11-1-5(13)9(17)7(15)3-21-23(19,20)22-4-8(16)10(18)6(14)2-12;6-1-3(8)5(10)4(9)2-7/h5,7-13,15-18H,1-4H2,(H,19,20);3,5-8,10H,1-2H2/t5-,7+,8-,9+,10-;3-,5+/m11/s1. The van der Waals surface area contributed by atoms with Crippen molar-refractivity contribution in [1.29, 1.82) is 0 Å². The van der Waals surface area contributed by atoms with E-state index in [4.69, 9.17) is 35.7 Å². The maximum absolute atomic E-state index is 11.4. The molecule has 0 saturated carbocycles. The van der Waals surface area contributed by atoms with Crippen LogP contribution in [0.1, 0.15) is 0 Å². The van der Waals surface area contributed by atoms with Crippen molar-refractivity contribution in [3.05, 3.63) is 0 Å². The second kappa shape index (κ2) is 17.4. The minimum absolute atomic E-state index is 0.701. The first-order valence-electron chi connectivity index (χ1n) is 9.06. The van der Waals surface area contributed by atoms with E-state index in [1.165, 1.54) is 0 Å². The third kappa shape index (κ3) is 14.1. The van der Waals surface area contributed by atoms with Crippen LogP contribution < -0.4 is 0 Å². The number of phosphoric ester groups is 1. The Morgan fingerprint density at radius 3 is 1.36 bits per heavy atom. The van der Waals surface area contributed by atoms with Gasteiger partial charge in [-0.25, -0.2) is 4.57 Å². The maximum Gasteiger partial charge on any atom is 0.472 e. The number of rotatable bonds is 16. The first kappa shape index (κ1) is 34.2. The summed E-state index contributed by atoms with van der Waals surface area (Å²) in [6.07, 6.45) is -12.5. The SMILES string of the molecule is O=C(CO)[C@@H](O)[C@H](O)CO.O=C(CO)[C@@H](O)[C@H](O)COP(=O)(O)OC[C@H](O)[C@@H](O)[C@H](O)CO. The van der Waals surface area contributed by atoms with Crippen LogP contribution in [0.4, 0.5) is 0 Å². The summed E-state index contributed by atoms with van der Waals surface area (Å²) in [6, 6.07) is 0. The molecule has 0 saturated heterocycles. The maximum atomic E-state index is 11.4. The normalized spacial score (nSPS) is 19.6. The van der Waals surface area contributed by atoms with E-state index in [0.717, 1.165) is 0 Å². The summed E-state index contributed by atoms with van der Waals surface area (Å²) in [5.74, 6) is -2.03. The van der Waals surface area contributed by atoms with E-state index >= 15 is 0 Å². The van der Waals surface area contributed by atoms with Gasteiger partial charge in [0.2, 0.25) is 0 Å². The van der Waals surface area contributed by atoms with E-state index in [1.54, 1.807) is 0 Å². The summed E-state index contributed by atoms with van der Waals surface area (Å²) in [5, 5.41) is 96.8. The van der Waals surface area contributed by atoms with Crippen LogP contribution in [0.5, 0.6) is 0 Å². The number of ketones is 2. The van der Waals surface area contributed by atoms with E-state index in [0.29, 0.717) is 0 Å². The number of hydrogen-bond acceptors (Lipinski definition) is 16. The molecule has 1 unspecified atom stereocenters. The predicted molar refractivity (Wildman–Crippen MR) is 102 cm³/mol. The van der Waals surface area contributed by atoms with Crippen LogP contribution in [0.15, 0.2) is 0 Å². The van der Waals surface area contributed by atoms with Gasteiger partial charge in [-0.15, -0.1) is 0 Å². The Balaban J connectivity index is 0. The molecule has 198 valence electrons. The van der Waals surface area contributed by atoms with E-state index in [-0.39, 0.29) is 0 Å². The smallest absolute Gasteiger partial charge is 0.394 e. The minimum Gasteiger partial charge on any atom is -0.394 e. The molecule has 18 heteroatoms. The number of carbonyl (C=O) groups excluding carboxylic acids is 2. The summed E-state index contributed by atoms with van der Waals surface area (Å²) < 4.78 is 20.0. The Morgan fingerprint density at radius 2 is 1.00 bits per heavy atom. The Kier molecular flexibility index (Phi) is 18.1. The predicted octanol–water partition coefficient (Wildman–Crippen LogP) is -7.26. The van der Waals surface area contributed by atoms with Gasteiger partial charge in [-0.2, -0.15) is 0 Å². The summed E-state index contributed by atoms with van der Waals surface area (Å²) >= 11 is 0. The molecular formula is C15H31O17P. The Hall–Kier alpha value is -0.990. The van der Waals surface area contributed by atoms with Crippen molar-refractivity contribution >= 4 is 19.4 Å². The van der Waals surface area contributed by atoms with Crippen LogP contribution in [-0.4, -0.2) is 155 Å². The van der Waals surface area contributed by atoms with Crippen LogP contribution in [0.2, 0.25) is 0 Å². The van der Waals surface area contributed by atoms with E-state index < -0.39 is 102 Å². The molecule has 0 heterocycles. The van der Waals surface area contributed by atoms with Crippen molar-refractivity contribution < 1.29 is 84.3 Å². The molecule has 0 bridgehead atoms. The van der Waals surface area contributed by atoms with Gasteiger partial charge < -0.3 is 61.1 Å². The molecule has 0 aliphatic heterocycles. The second-order valence-electron chi connectivity index (χ2n) is 6.32. The highest BCUT2D eigenvalue weighted by Crippen LogP contribution is 2.43. The number of phosphoric acid groups is 1. The van der Waals surface area contributed by atoms with Crippen molar-refractivity contribution in [2.24, 2.45) is 0 Å². The average Bonchev–Trinajstić information content (AvgIpc) is 2.82. The number of hydrogen-bond donors (Lipinski definition) is 12. The lowest BCUT2D eigenvalue weighted by atomic mass is 10.1. The lowest BCUT2D eigenvalue weighted by Gasteiger charge is -2.23. The van der Waals surface area contributed by atoms with Crippen LogP contribution in [-0.2, 0) is 23.2 Å². The molecule has 0 aliphatic carbocycles. The third-order valence-electron chi connectivity index (χ3n) is 3.68. The summed E-state index contributed by atoms with van der Waals surface area (Å²) in [5.41, 5.74) is 0. The van der Waals surface area contributed by atoms with Crippen molar-refractivity contribution in [2.75, 3.05) is 39.6 Å². The second-order valence-corrected chi connectivity index (χ2v) is 7.78. The first-order valence-corrected chi connectivity index (χ1v) is 10.6. The van der Waals surface area contributed by atoms with Crippen LogP contribution in [0.3, 0.4) is 0 Å². The fourth-order valence-corrected chi connectivity index (χ4v) is 2.41. The molecule has 0 spiro atoms. The number of aliphatic hydroxyl groups excluding tert-OH is 11. The molecule has 0 aromatic carbocycles. The van der Waals surface area contributed by atoms with Crippen LogP contribution in [0, 0.1) is 0 Å². The lowest BCUT2D eigenvalue weighted by Crippen LogP contribution is -2.41. The fraction of sp³-hybridized carbons (Fsp3) is 0.867. The molecule has 0 fully saturated rings. The van der Waals surface area contributed by atoms with Gasteiger partial charge in [0.25, 0.3) is 0 Å². The number of carbonyl (C=O) groups is 2. The zero-order chi connectivity index (χ0) is 26.4. The topological polar surface area (TPSA) is 312 Å². The van der Waals surface area contributed by atoms with Gasteiger partial charge in [0.05, 0.1) is 26.4 Å². The third-order valence-corrected chi connectivity index (χ3v) is 4.63. The Labute approximate surface area is 186 Å². The van der Waals surface area contributed by atoms with Gasteiger partial charge in [0.15, 0.2) is 11.6 Å². The van der Waals surface area contributed by atoms with Gasteiger partial charge in [0.1, 0.15) is 55.9 Å². The average molecular weight is 514 g/mol. The molecule has 33 heavy (non-hydrogen) atoms. The zero-order valence-corrected chi connectivity index (χ0v) is 18.0. The highest BCUT2D eigenvalue weighted by Gasteiger charge is 2.31. The Bertz CT molecular complexity index is 603. The molecule has 0 radical (unpaired) electrons. The highest BCUT2D eigenvalue weighted by atomic mass is 31.2. The molecular weight excluding hydrogens is 483 g/mol. The van der Waals surface area contributed by atoms with E-state index in [2.05, 4.69) is 9.05 Å². The molecule has 0 aliphatic rings. The van der Waals surface area contributed by atoms with Gasteiger partial charge >= 0.3 is 7.82 Å².